The Morgan fingerprint density at radius 2 is 0.792 bits per heavy atom. The fourth-order valence-corrected chi connectivity index (χ4v) is 9.56. The Labute approximate surface area is 310 Å². The van der Waals surface area contributed by atoms with Crippen LogP contribution in [0.2, 0.25) is 0 Å². The molecule has 0 heterocycles. The maximum atomic E-state index is 2.50. The van der Waals surface area contributed by atoms with Crippen molar-refractivity contribution in [2.75, 3.05) is 0 Å². The molecular formula is C53H36. The highest BCUT2D eigenvalue weighted by atomic mass is 14.4. The van der Waals surface area contributed by atoms with Crippen LogP contribution in [0.1, 0.15) is 25.0 Å². The molecule has 2 aliphatic carbocycles. The van der Waals surface area contributed by atoms with Gasteiger partial charge in [0.25, 0.3) is 0 Å². The minimum absolute atomic E-state index is 0.0878. The zero-order chi connectivity index (χ0) is 35.3. The minimum atomic E-state index is -0.0878. The number of hydrogen-bond donors (Lipinski definition) is 0. The van der Waals surface area contributed by atoms with E-state index < -0.39 is 0 Å². The number of hydrogen-bond acceptors (Lipinski definition) is 0. The van der Waals surface area contributed by atoms with Crippen molar-refractivity contribution < 1.29 is 0 Å². The van der Waals surface area contributed by atoms with Crippen LogP contribution >= 0.6 is 0 Å². The summed E-state index contributed by atoms with van der Waals surface area (Å²) in [4.78, 5) is 0. The van der Waals surface area contributed by atoms with Crippen molar-refractivity contribution in [3.63, 3.8) is 0 Å². The standard InChI is InChI=1S/C53H36/c1-53(2)46-26-12-11-21-40(46)41-28-27-36(32-47(41)53)49-42-22-9-10-23-43(42)50(52-45-25-14-20-35-19-13-24-44(48(35)45)51(49)52)39-30-37(33-15-5-3-6-16-33)29-38(31-39)34-17-7-4-8-18-34/h3-32H,1-2H3. The molecule has 0 unspecified atom stereocenters. The van der Waals surface area contributed by atoms with Gasteiger partial charge in [-0.3, -0.25) is 0 Å². The first-order valence-electron chi connectivity index (χ1n) is 18.7. The van der Waals surface area contributed by atoms with E-state index in [1.807, 2.05) is 0 Å². The van der Waals surface area contributed by atoms with E-state index in [1.54, 1.807) is 0 Å². The molecule has 53 heavy (non-hydrogen) atoms. The van der Waals surface area contributed by atoms with Gasteiger partial charge in [0.1, 0.15) is 0 Å². The average molecular weight is 673 g/mol. The molecule has 9 aromatic rings. The fraction of sp³-hybridized carbons (Fsp3) is 0.0566. The van der Waals surface area contributed by atoms with Crippen LogP contribution in [-0.2, 0) is 5.41 Å². The van der Waals surface area contributed by atoms with E-state index in [9.17, 15) is 0 Å². The molecule has 0 nitrogen and oxygen atoms in total. The molecule has 0 aromatic heterocycles. The molecule has 0 aliphatic heterocycles. The van der Waals surface area contributed by atoms with Crippen LogP contribution in [0.25, 0.3) is 99.4 Å². The molecule has 9 aromatic carbocycles. The molecule has 2 aliphatic rings. The van der Waals surface area contributed by atoms with Crippen LogP contribution < -0.4 is 0 Å². The van der Waals surface area contributed by atoms with Gasteiger partial charge in [0.05, 0.1) is 0 Å². The third-order valence-electron chi connectivity index (χ3n) is 12.0. The van der Waals surface area contributed by atoms with Crippen molar-refractivity contribution in [2.45, 2.75) is 19.3 Å². The number of fused-ring (bicyclic) bond motifs is 7. The first-order valence-corrected chi connectivity index (χ1v) is 18.7. The Kier molecular flexibility index (Phi) is 6.40. The Balaban J connectivity index is 1.27. The monoisotopic (exact) mass is 672 g/mol. The maximum absolute atomic E-state index is 2.50. The highest BCUT2D eigenvalue weighted by molar-refractivity contribution is 6.27. The zero-order valence-corrected chi connectivity index (χ0v) is 29.8. The van der Waals surface area contributed by atoms with E-state index in [2.05, 4.69) is 196 Å². The highest BCUT2D eigenvalue weighted by Gasteiger charge is 2.36. The van der Waals surface area contributed by atoms with Crippen molar-refractivity contribution in [1.29, 1.82) is 0 Å². The minimum Gasteiger partial charge on any atom is -0.0622 e. The molecule has 0 saturated carbocycles. The second kappa shape index (κ2) is 11.2. The molecule has 0 heteroatoms. The normalized spacial score (nSPS) is 13.2. The Morgan fingerprint density at radius 1 is 0.302 bits per heavy atom. The largest absolute Gasteiger partial charge is 0.0622 e. The van der Waals surface area contributed by atoms with E-state index in [-0.39, 0.29) is 5.41 Å². The topological polar surface area (TPSA) is 0 Å². The lowest BCUT2D eigenvalue weighted by molar-refractivity contribution is 0.660. The lowest BCUT2D eigenvalue weighted by Crippen LogP contribution is -2.14. The predicted molar refractivity (Wildman–Crippen MR) is 225 cm³/mol. The van der Waals surface area contributed by atoms with Gasteiger partial charge < -0.3 is 0 Å². The summed E-state index contributed by atoms with van der Waals surface area (Å²) in [5.74, 6) is 0. The van der Waals surface area contributed by atoms with Gasteiger partial charge in [-0.1, -0.05) is 172 Å². The van der Waals surface area contributed by atoms with Crippen molar-refractivity contribution in [2.24, 2.45) is 0 Å². The molecule has 0 radical (unpaired) electrons. The SMILES string of the molecule is CC1(C)c2ccccc2-c2ccc(-c3c4c(c(-c5cc(-c6ccccc6)cc(-c6ccccc6)c5)c5ccccc35)-c3cccc5cccc-4c35)cc21. The van der Waals surface area contributed by atoms with Crippen LogP contribution in [0.4, 0.5) is 0 Å². The molecule has 0 saturated heterocycles. The molecule has 248 valence electrons. The van der Waals surface area contributed by atoms with E-state index >= 15 is 0 Å². The molecule has 0 bridgehead atoms. The third-order valence-corrected chi connectivity index (χ3v) is 12.0. The van der Waals surface area contributed by atoms with Crippen molar-refractivity contribution in [1.82, 2.24) is 0 Å². The Morgan fingerprint density at radius 3 is 1.42 bits per heavy atom. The molecule has 0 N–H and O–H groups in total. The molecule has 11 rings (SSSR count). The maximum Gasteiger partial charge on any atom is 0.0159 e. The van der Waals surface area contributed by atoms with Crippen LogP contribution in [0.15, 0.2) is 182 Å². The third kappa shape index (κ3) is 4.36. The molecule has 0 atom stereocenters. The van der Waals surface area contributed by atoms with Crippen molar-refractivity contribution >= 4 is 21.5 Å². The van der Waals surface area contributed by atoms with E-state index in [1.165, 1.54) is 111 Å². The van der Waals surface area contributed by atoms with E-state index in [4.69, 9.17) is 0 Å². The summed E-state index contributed by atoms with van der Waals surface area (Å²) in [5.41, 5.74) is 20.7. The second-order valence-corrected chi connectivity index (χ2v) is 15.2. The van der Waals surface area contributed by atoms with E-state index in [0.29, 0.717) is 0 Å². The number of rotatable bonds is 4. The Hall–Kier alpha value is -6.50. The molecule has 0 amide bonds. The quantitative estimate of drug-likeness (QED) is 0.175. The van der Waals surface area contributed by atoms with Crippen LogP contribution in [0, 0.1) is 0 Å². The summed E-state index contributed by atoms with van der Waals surface area (Å²) >= 11 is 0. The van der Waals surface area contributed by atoms with Crippen LogP contribution in [0.3, 0.4) is 0 Å². The first kappa shape index (κ1) is 30.2. The van der Waals surface area contributed by atoms with Gasteiger partial charge in [0, 0.05) is 5.41 Å². The van der Waals surface area contributed by atoms with Gasteiger partial charge in [0.2, 0.25) is 0 Å². The summed E-state index contributed by atoms with van der Waals surface area (Å²) in [6.07, 6.45) is 0. The summed E-state index contributed by atoms with van der Waals surface area (Å²) < 4.78 is 0. The highest BCUT2D eigenvalue weighted by Crippen LogP contribution is 2.59. The van der Waals surface area contributed by atoms with Gasteiger partial charge in [-0.15, -0.1) is 0 Å². The van der Waals surface area contributed by atoms with Crippen LogP contribution in [-0.4, -0.2) is 0 Å². The second-order valence-electron chi connectivity index (χ2n) is 15.2. The lowest BCUT2D eigenvalue weighted by Gasteiger charge is -2.24. The summed E-state index contributed by atoms with van der Waals surface area (Å²) in [5, 5.41) is 5.19. The summed E-state index contributed by atoms with van der Waals surface area (Å²) in [6, 6.07) is 67.9. The Bertz CT molecular complexity index is 2880. The zero-order valence-electron chi connectivity index (χ0n) is 29.8. The average Bonchev–Trinajstić information content (AvgIpc) is 3.66. The van der Waals surface area contributed by atoms with Gasteiger partial charge in [-0.05, 0) is 135 Å². The van der Waals surface area contributed by atoms with Gasteiger partial charge in [0.15, 0.2) is 0 Å². The predicted octanol–water partition coefficient (Wildman–Crippen LogP) is 14.6. The summed E-state index contributed by atoms with van der Waals surface area (Å²) in [6.45, 7) is 4.77. The van der Waals surface area contributed by atoms with Crippen molar-refractivity contribution in [3.05, 3.63) is 193 Å². The summed E-state index contributed by atoms with van der Waals surface area (Å²) in [7, 11) is 0. The van der Waals surface area contributed by atoms with Gasteiger partial charge in [-0.2, -0.15) is 0 Å². The van der Waals surface area contributed by atoms with E-state index in [0.717, 1.165) is 0 Å². The molecule has 0 fully saturated rings. The fourth-order valence-electron chi connectivity index (χ4n) is 9.56. The lowest BCUT2D eigenvalue weighted by atomic mass is 9.79. The van der Waals surface area contributed by atoms with Crippen molar-refractivity contribution in [3.8, 4) is 77.9 Å². The van der Waals surface area contributed by atoms with Crippen LogP contribution in [0.5, 0.6) is 0 Å². The molecular weight excluding hydrogens is 637 g/mol. The molecule has 0 spiro atoms. The van der Waals surface area contributed by atoms with Gasteiger partial charge >= 0.3 is 0 Å². The first-order chi connectivity index (χ1) is 26.1. The van der Waals surface area contributed by atoms with Gasteiger partial charge in [-0.25, -0.2) is 0 Å². The number of benzene rings is 9. The smallest absolute Gasteiger partial charge is 0.0159 e.